The van der Waals surface area contributed by atoms with E-state index in [1.54, 1.807) is 30.3 Å². The molecule has 0 atom stereocenters. The highest BCUT2D eigenvalue weighted by Gasteiger charge is 2.11. The molecule has 1 amide bonds. The number of nitrogens with two attached hydrogens (primary N) is 1. The number of primary amides is 1. The summed E-state index contributed by atoms with van der Waals surface area (Å²) in [5.74, 6) is -0.595. The van der Waals surface area contributed by atoms with Gasteiger partial charge >= 0.3 is 0 Å². The predicted octanol–water partition coefficient (Wildman–Crippen LogP) is 5.01. The number of carbonyl (C=O) groups excluding carboxylic acids is 1. The van der Waals surface area contributed by atoms with E-state index < -0.39 is 5.91 Å². The van der Waals surface area contributed by atoms with Crippen LogP contribution in [0.5, 0.6) is 0 Å². The van der Waals surface area contributed by atoms with E-state index >= 15 is 0 Å². The highest BCUT2D eigenvalue weighted by atomic mass is 35.5. The van der Waals surface area contributed by atoms with Gasteiger partial charge in [0.05, 0.1) is 20.6 Å². The molecule has 2 rings (SSSR count). The van der Waals surface area contributed by atoms with Gasteiger partial charge in [0, 0.05) is 22.8 Å². The summed E-state index contributed by atoms with van der Waals surface area (Å²) in [5.41, 5.74) is 6.82. The molecule has 0 aliphatic heterocycles. The third kappa shape index (κ3) is 3.74. The molecule has 0 unspecified atom stereocenters. The summed E-state index contributed by atoms with van der Waals surface area (Å²) in [6.07, 6.45) is 0. The number of nitrogens with one attached hydrogen (secondary N) is 1. The van der Waals surface area contributed by atoms with Crippen molar-refractivity contribution in [2.75, 3.05) is 5.32 Å². The maximum absolute atomic E-state index is 11.3. The Morgan fingerprint density at radius 3 is 2.29 bits per heavy atom. The van der Waals surface area contributed by atoms with Gasteiger partial charge in [-0.2, -0.15) is 0 Å². The molecule has 21 heavy (non-hydrogen) atoms. The molecular weight excluding hydrogens is 354 g/mol. The molecule has 110 valence electrons. The first kappa shape index (κ1) is 16.2. The van der Waals surface area contributed by atoms with Gasteiger partial charge in [-0.15, -0.1) is 0 Å². The molecular formula is C14H10Cl4N2O. The van der Waals surface area contributed by atoms with E-state index in [1.165, 1.54) is 0 Å². The molecule has 0 bridgehead atoms. The summed E-state index contributed by atoms with van der Waals surface area (Å²) >= 11 is 24.1. The monoisotopic (exact) mass is 362 g/mol. The van der Waals surface area contributed by atoms with Crippen molar-refractivity contribution in [3.05, 3.63) is 61.5 Å². The molecule has 3 nitrogen and oxygen atoms in total. The fourth-order valence-electron chi connectivity index (χ4n) is 1.75. The highest BCUT2D eigenvalue weighted by Crippen LogP contribution is 2.32. The van der Waals surface area contributed by atoms with E-state index in [2.05, 4.69) is 5.32 Å². The molecule has 0 aliphatic rings. The van der Waals surface area contributed by atoms with E-state index in [4.69, 9.17) is 52.1 Å². The molecule has 0 radical (unpaired) electrons. The Bertz CT molecular complexity index is 704. The highest BCUT2D eigenvalue weighted by molar-refractivity contribution is 6.44. The quantitative estimate of drug-likeness (QED) is 0.750. The number of carbonyl (C=O) groups is 1. The zero-order valence-electron chi connectivity index (χ0n) is 10.6. The lowest BCUT2D eigenvalue weighted by molar-refractivity contribution is 0.100. The number of rotatable bonds is 4. The normalized spacial score (nSPS) is 10.5. The van der Waals surface area contributed by atoms with Crippen LogP contribution in [0, 0.1) is 0 Å². The number of hydrogen-bond donors (Lipinski definition) is 2. The van der Waals surface area contributed by atoms with Gasteiger partial charge in [-0.05, 0) is 30.3 Å². The third-order valence-electron chi connectivity index (χ3n) is 2.84. The second-order valence-corrected chi connectivity index (χ2v) is 5.83. The lowest BCUT2D eigenvalue weighted by Crippen LogP contribution is -2.12. The first-order valence-corrected chi connectivity index (χ1v) is 7.37. The maximum atomic E-state index is 11.3. The SMILES string of the molecule is NC(=O)c1cc(NCc2c(Cl)ccc(Cl)c2Cl)ccc1Cl. The summed E-state index contributed by atoms with van der Waals surface area (Å²) in [4.78, 5) is 11.3. The summed E-state index contributed by atoms with van der Waals surface area (Å²) in [5, 5.41) is 4.71. The summed E-state index contributed by atoms with van der Waals surface area (Å²) in [7, 11) is 0. The van der Waals surface area contributed by atoms with Crippen LogP contribution in [0.2, 0.25) is 20.1 Å². The Labute approximate surface area is 141 Å². The minimum atomic E-state index is -0.595. The number of anilines is 1. The zero-order chi connectivity index (χ0) is 15.6. The topological polar surface area (TPSA) is 55.1 Å². The van der Waals surface area contributed by atoms with E-state index in [0.717, 1.165) is 0 Å². The van der Waals surface area contributed by atoms with Crippen LogP contribution in [0.3, 0.4) is 0 Å². The molecule has 0 saturated carbocycles. The second kappa shape index (κ2) is 6.75. The van der Waals surface area contributed by atoms with Crippen LogP contribution in [0.4, 0.5) is 5.69 Å². The molecule has 0 heterocycles. The number of hydrogen-bond acceptors (Lipinski definition) is 2. The molecule has 0 aromatic heterocycles. The average molecular weight is 364 g/mol. The fourth-order valence-corrected chi connectivity index (χ4v) is 2.64. The standard InChI is InChI=1S/C14H10Cl4N2O/c15-10-2-1-7(5-8(10)14(19)21)20-6-9-11(16)3-4-12(17)13(9)18/h1-5,20H,6H2,(H2,19,21). The van der Waals surface area contributed by atoms with Gasteiger partial charge in [-0.3, -0.25) is 4.79 Å². The van der Waals surface area contributed by atoms with Crippen molar-refractivity contribution in [3.63, 3.8) is 0 Å². The van der Waals surface area contributed by atoms with Gasteiger partial charge in [0.1, 0.15) is 0 Å². The Morgan fingerprint density at radius 2 is 1.62 bits per heavy atom. The minimum Gasteiger partial charge on any atom is -0.381 e. The van der Waals surface area contributed by atoms with Gasteiger partial charge < -0.3 is 11.1 Å². The van der Waals surface area contributed by atoms with Crippen molar-refractivity contribution in [2.45, 2.75) is 6.54 Å². The zero-order valence-corrected chi connectivity index (χ0v) is 13.6. The van der Waals surface area contributed by atoms with Crippen molar-refractivity contribution in [2.24, 2.45) is 5.73 Å². The van der Waals surface area contributed by atoms with Crippen LogP contribution in [0.1, 0.15) is 15.9 Å². The Morgan fingerprint density at radius 1 is 1.00 bits per heavy atom. The largest absolute Gasteiger partial charge is 0.381 e. The summed E-state index contributed by atoms with van der Waals surface area (Å²) < 4.78 is 0. The third-order valence-corrected chi connectivity index (χ3v) is 4.37. The Kier molecular flexibility index (Phi) is 5.22. The van der Waals surface area contributed by atoms with Gasteiger partial charge in [-0.1, -0.05) is 46.4 Å². The summed E-state index contributed by atoms with van der Waals surface area (Å²) in [6, 6.07) is 8.18. The number of benzene rings is 2. The number of amides is 1. The van der Waals surface area contributed by atoms with E-state index in [-0.39, 0.29) is 5.56 Å². The van der Waals surface area contributed by atoms with Crippen LogP contribution < -0.4 is 11.1 Å². The van der Waals surface area contributed by atoms with Crippen molar-refractivity contribution in [1.29, 1.82) is 0 Å². The molecule has 0 saturated heterocycles. The molecule has 2 aromatic carbocycles. The van der Waals surface area contributed by atoms with Crippen molar-refractivity contribution < 1.29 is 4.79 Å². The number of halogens is 4. The van der Waals surface area contributed by atoms with Crippen LogP contribution >= 0.6 is 46.4 Å². The molecule has 0 fully saturated rings. The molecule has 0 aliphatic carbocycles. The molecule has 7 heteroatoms. The Hall–Kier alpha value is -1.13. The summed E-state index contributed by atoms with van der Waals surface area (Å²) in [6.45, 7) is 0.345. The predicted molar refractivity (Wildman–Crippen MR) is 88.8 cm³/mol. The lowest BCUT2D eigenvalue weighted by atomic mass is 10.1. The maximum Gasteiger partial charge on any atom is 0.250 e. The van der Waals surface area contributed by atoms with Crippen molar-refractivity contribution >= 4 is 58.0 Å². The lowest BCUT2D eigenvalue weighted by Gasteiger charge is -2.12. The second-order valence-electron chi connectivity index (χ2n) is 4.23. The molecule has 2 aromatic rings. The Balaban J connectivity index is 2.23. The van der Waals surface area contributed by atoms with Gasteiger partial charge in [-0.25, -0.2) is 0 Å². The van der Waals surface area contributed by atoms with Crippen LogP contribution in [-0.2, 0) is 6.54 Å². The first-order chi connectivity index (χ1) is 9.90. The fraction of sp³-hybridized carbons (Fsp3) is 0.0714. The van der Waals surface area contributed by atoms with E-state index in [1.807, 2.05) is 0 Å². The first-order valence-electron chi connectivity index (χ1n) is 5.85. The van der Waals surface area contributed by atoms with Gasteiger partial charge in [0.2, 0.25) is 5.91 Å². The minimum absolute atomic E-state index is 0.241. The van der Waals surface area contributed by atoms with Crippen LogP contribution in [0.15, 0.2) is 30.3 Å². The van der Waals surface area contributed by atoms with Crippen LogP contribution in [0.25, 0.3) is 0 Å². The smallest absolute Gasteiger partial charge is 0.250 e. The van der Waals surface area contributed by atoms with Crippen molar-refractivity contribution in [3.8, 4) is 0 Å². The van der Waals surface area contributed by atoms with Crippen LogP contribution in [-0.4, -0.2) is 5.91 Å². The average Bonchev–Trinajstić information content (AvgIpc) is 2.44. The van der Waals surface area contributed by atoms with E-state index in [0.29, 0.717) is 37.9 Å². The molecule has 0 spiro atoms. The van der Waals surface area contributed by atoms with Gasteiger partial charge in [0.15, 0.2) is 0 Å². The molecule has 3 N–H and O–H groups in total. The van der Waals surface area contributed by atoms with Crippen molar-refractivity contribution in [1.82, 2.24) is 0 Å². The van der Waals surface area contributed by atoms with Gasteiger partial charge in [0.25, 0.3) is 0 Å². The van der Waals surface area contributed by atoms with E-state index in [9.17, 15) is 4.79 Å².